The van der Waals surface area contributed by atoms with E-state index in [1.807, 2.05) is 11.8 Å². The van der Waals surface area contributed by atoms with Crippen LogP contribution in [0.3, 0.4) is 0 Å². The molecule has 0 bridgehead atoms. The number of carbonyl (C=O) groups is 1. The first-order valence-electron chi connectivity index (χ1n) is 5.30. The maximum absolute atomic E-state index is 13.0. The Balaban J connectivity index is 2.67. The number of hydrogen-bond donors (Lipinski definition) is 0. The molecule has 94 valence electrons. The minimum Gasteiger partial charge on any atom is -0.468 e. The van der Waals surface area contributed by atoms with Gasteiger partial charge in [-0.2, -0.15) is 0 Å². The van der Waals surface area contributed by atoms with Gasteiger partial charge in [-0.3, -0.25) is 9.69 Å². The molecule has 0 amide bonds. The number of hydrogen-bond acceptors (Lipinski definition) is 3. The van der Waals surface area contributed by atoms with Gasteiger partial charge in [0.25, 0.3) is 0 Å². The number of methoxy groups -OCH3 is 1. The minimum atomic E-state index is -0.438. The lowest BCUT2D eigenvalue weighted by molar-refractivity contribution is -0.142. The summed E-state index contributed by atoms with van der Waals surface area (Å²) >= 11 is 5.69. The van der Waals surface area contributed by atoms with E-state index in [-0.39, 0.29) is 17.5 Å². The topological polar surface area (TPSA) is 29.5 Å². The number of esters is 1. The monoisotopic (exact) mass is 259 g/mol. The highest BCUT2D eigenvalue weighted by atomic mass is 35.5. The highest BCUT2D eigenvalue weighted by Gasteiger charge is 2.10. The molecule has 0 heterocycles. The highest BCUT2D eigenvalue weighted by Crippen LogP contribution is 2.17. The maximum atomic E-state index is 13.0. The van der Waals surface area contributed by atoms with Crippen LogP contribution < -0.4 is 0 Å². The second-order valence-corrected chi connectivity index (χ2v) is 4.04. The van der Waals surface area contributed by atoms with E-state index in [1.54, 1.807) is 12.1 Å². The van der Waals surface area contributed by atoms with Gasteiger partial charge >= 0.3 is 5.97 Å². The van der Waals surface area contributed by atoms with Crippen molar-refractivity contribution in [2.75, 3.05) is 20.2 Å². The van der Waals surface area contributed by atoms with Crippen molar-refractivity contribution in [1.29, 1.82) is 0 Å². The van der Waals surface area contributed by atoms with Gasteiger partial charge in [0, 0.05) is 6.54 Å². The Hall–Kier alpha value is -1.13. The quantitative estimate of drug-likeness (QED) is 0.761. The van der Waals surface area contributed by atoms with E-state index < -0.39 is 5.82 Å². The van der Waals surface area contributed by atoms with Crippen LogP contribution in [0.15, 0.2) is 18.2 Å². The summed E-state index contributed by atoms with van der Waals surface area (Å²) in [7, 11) is 1.35. The van der Waals surface area contributed by atoms with Gasteiger partial charge in [-0.15, -0.1) is 0 Å². The molecule has 0 spiro atoms. The van der Waals surface area contributed by atoms with Gasteiger partial charge in [0.2, 0.25) is 0 Å². The summed E-state index contributed by atoms with van der Waals surface area (Å²) in [6.07, 6.45) is 0. The molecular formula is C12H15ClFNO2. The van der Waals surface area contributed by atoms with Crippen molar-refractivity contribution < 1.29 is 13.9 Å². The standard InChI is InChI=1S/C12H15ClFNO2/c1-3-15(8-12(16)17-2)7-9-4-5-11(14)10(13)6-9/h4-6H,3,7-8H2,1-2H3. The Kier molecular flexibility index (Phi) is 5.38. The summed E-state index contributed by atoms with van der Waals surface area (Å²) in [5.74, 6) is -0.730. The predicted octanol–water partition coefficient (Wildman–Crippen LogP) is 2.47. The largest absolute Gasteiger partial charge is 0.468 e. The molecule has 0 radical (unpaired) electrons. The molecule has 0 aliphatic carbocycles. The molecule has 17 heavy (non-hydrogen) atoms. The summed E-state index contributed by atoms with van der Waals surface area (Å²) in [6, 6.07) is 4.54. The zero-order valence-corrected chi connectivity index (χ0v) is 10.6. The molecule has 1 aromatic rings. The van der Waals surface area contributed by atoms with Crippen molar-refractivity contribution in [3.63, 3.8) is 0 Å². The molecular weight excluding hydrogens is 245 g/mol. The van der Waals surface area contributed by atoms with Crippen LogP contribution in [0.1, 0.15) is 12.5 Å². The maximum Gasteiger partial charge on any atom is 0.319 e. The van der Waals surface area contributed by atoms with Crippen LogP contribution in [0.4, 0.5) is 4.39 Å². The Bertz CT molecular complexity index is 398. The molecule has 0 aliphatic heterocycles. The van der Waals surface area contributed by atoms with Gasteiger partial charge in [0.15, 0.2) is 0 Å². The van der Waals surface area contributed by atoms with E-state index in [4.69, 9.17) is 11.6 Å². The van der Waals surface area contributed by atoms with E-state index in [9.17, 15) is 9.18 Å². The summed E-state index contributed by atoms with van der Waals surface area (Å²) < 4.78 is 17.6. The van der Waals surface area contributed by atoms with Crippen LogP contribution in [0.2, 0.25) is 5.02 Å². The molecule has 0 aliphatic rings. The fourth-order valence-corrected chi connectivity index (χ4v) is 1.63. The van der Waals surface area contributed by atoms with Gasteiger partial charge in [0.05, 0.1) is 18.7 Å². The first-order valence-corrected chi connectivity index (χ1v) is 5.67. The van der Waals surface area contributed by atoms with E-state index >= 15 is 0 Å². The van der Waals surface area contributed by atoms with Gasteiger partial charge < -0.3 is 4.74 Å². The smallest absolute Gasteiger partial charge is 0.319 e. The second kappa shape index (κ2) is 6.57. The Morgan fingerprint density at radius 2 is 2.24 bits per heavy atom. The Morgan fingerprint density at radius 1 is 1.53 bits per heavy atom. The Morgan fingerprint density at radius 3 is 2.76 bits per heavy atom. The van der Waals surface area contributed by atoms with Crippen LogP contribution in [0.25, 0.3) is 0 Å². The van der Waals surface area contributed by atoms with Crippen molar-refractivity contribution in [3.8, 4) is 0 Å². The molecule has 5 heteroatoms. The van der Waals surface area contributed by atoms with E-state index in [1.165, 1.54) is 13.2 Å². The SMILES string of the molecule is CCN(CC(=O)OC)Cc1ccc(F)c(Cl)c1. The fraction of sp³-hybridized carbons (Fsp3) is 0.417. The van der Waals surface area contributed by atoms with Crippen LogP contribution in [-0.2, 0) is 16.1 Å². The second-order valence-electron chi connectivity index (χ2n) is 3.63. The van der Waals surface area contributed by atoms with Crippen molar-refractivity contribution in [2.24, 2.45) is 0 Å². The van der Waals surface area contributed by atoms with Crippen LogP contribution >= 0.6 is 11.6 Å². The van der Waals surface area contributed by atoms with Gasteiger partial charge in [-0.25, -0.2) is 4.39 Å². The third-order valence-electron chi connectivity index (χ3n) is 2.42. The predicted molar refractivity (Wildman–Crippen MR) is 64.4 cm³/mol. The molecule has 3 nitrogen and oxygen atoms in total. The first-order chi connectivity index (χ1) is 8.06. The number of likely N-dealkylation sites (N-methyl/N-ethyl adjacent to an activating group) is 1. The average Bonchev–Trinajstić information content (AvgIpc) is 2.32. The van der Waals surface area contributed by atoms with Crippen molar-refractivity contribution in [2.45, 2.75) is 13.5 Å². The summed E-state index contributed by atoms with van der Waals surface area (Å²) in [6.45, 7) is 3.38. The molecule has 0 saturated heterocycles. The normalized spacial score (nSPS) is 10.6. The van der Waals surface area contributed by atoms with Crippen molar-refractivity contribution >= 4 is 17.6 Å². The molecule has 0 saturated carbocycles. The lowest BCUT2D eigenvalue weighted by Gasteiger charge is -2.18. The van der Waals surface area contributed by atoms with Gasteiger partial charge in [0.1, 0.15) is 5.82 Å². The molecule has 1 rings (SSSR count). The fourth-order valence-electron chi connectivity index (χ4n) is 1.42. The third-order valence-corrected chi connectivity index (χ3v) is 2.71. The van der Waals surface area contributed by atoms with Crippen molar-refractivity contribution in [3.05, 3.63) is 34.6 Å². The van der Waals surface area contributed by atoms with Crippen molar-refractivity contribution in [1.82, 2.24) is 4.90 Å². The van der Waals surface area contributed by atoms with E-state index in [0.717, 1.165) is 5.56 Å². The number of halogens is 2. The molecule has 0 fully saturated rings. The Labute approximate surface area is 105 Å². The van der Waals surface area contributed by atoms with Gasteiger partial charge in [-0.1, -0.05) is 24.6 Å². The summed E-state index contributed by atoms with van der Waals surface area (Å²) in [5.41, 5.74) is 0.863. The zero-order chi connectivity index (χ0) is 12.8. The molecule has 0 N–H and O–H groups in total. The van der Waals surface area contributed by atoms with Gasteiger partial charge in [-0.05, 0) is 24.2 Å². The van der Waals surface area contributed by atoms with E-state index in [2.05, 4.69) is 4.74 Å². The van der Waals surface area contributed by atoms with Crippen LogP contribution in [0.5, 0.6) is 0 Å². The average molecular weight is 260 g/mol. The molecule has 0 atom stereocenters. The van der Waals surface area contributed by atoms with Crippen LogP contribution in [-0.4, -0.2) is 31.1 Å². The summed E-state index contributed by atoms with van der Waals surface area (Å²) in [4.78, 5) is 13.0. The molecule has 1 aromatic carbocycles. The number of ether oxygens (including phenoxy) is 1. The number of carbonyl (C=O) groups excluding carboxylic acids is 1. The first kappa shape index (κ1) is 13.9. The van der Waals surface area contributed by atoms with Crippen LogP contribution in [0, 0.1) is 5.82 Å². The summed E-state index contributed by atoms with van der Waals surface area (Å²) in [5, 5.41) is 0.0941. The number of benzene rings is 1. The molecule has 0 aromatic heterocycles. The number of nitrogens with zero attached hydrogens (tertiary/aromatic N) is 1. The highest BCUT2D eigenvalue weighted by molar-refractivity contribution is 6.30. The molecule has 0 unspecified atom stereocenters. The third kappa shape index (κ3) is 4.32. The zero-order valence-electron chi connectivity index (χ0n) is 9.87. The lowest BCUT2D eigenvalue weighted by Crippen LogP contribution is -2.29. The number of rotatable bonds is 5. The van der Waals surface area contributed by atoms with E-state index in [0.29, 0.717) is 13.1 Å². The minimum absolute atomic E-state index is 0.0941. The lowest BCUT2D eigenvalue weighted by atomic mass is 10.2.